The van der Waals surface area contributed by atoms with Crippen molar-refractivity contribution in [3.05, 3.63) is 42.7 Å². The molecule has 1 nitrogen and oxygen atoms in total. The average molecular weight is 176 g/mol. The SMILES string of the molecule is PC[n+]1ccc2ccccc2c1. The molecule has 1 unspecified atom stereocenters. The Morgan fingerprint density at radius 3 is 2.58 bits per heavy atom. The second-order valence-corrected chi connectivity index (χ2v) is 3.14. The van der Waals surface area contributed by atoms with Crippen LogP contribution in [0.5, 0.6) is 0 Å². The number of aromatic nitrogens is 1. The highest BCUT2D eigenvalue weighted by atomic mass is 31.0. The van der Waals surface area contributed by atoms with Crippen molar-refractivity contribution in [3.8, 4) is 0 Å². The van der Waals surface area contributed by atoms with Gasteiger partial charge in [-0.1, -0.05) is 27.4 Å². The first-order valence-electron chi connectivity index (χ1n) is 3.98. The number of fused-ring (bicyclic) bond motifs is 1. The Hall–Kier alpha value is -0.940. The van der Waals surface area contributed by atoms with Gasteiger partial charge in [0, 0.05) is 11.5 Å². The third-order valence-electron chi connectivity index (χ3n) is 1.96. The number of rotatable bonds is 1. The van der Waals surface area contributed by atoms with Crippen LogP contribution >= 0.6 is 9.24 Å². The molecule has 1 heterocycles. The van der Waals surface area contributed by atoms with E-state index in [0.717, 1.165) is 6.29 Å². The Kier molecular flexibility index (Phi) is 2.05. The van der Waals surface area contributed by atoms with Gasteiger partial charge in [0.05, 0.1) is 0 Å². The molecule has 0 bridgehead atoms. The van der Waals surface area contributed by atoms with Gasteiger partial charge in [-0.05, 0) is 11.5 Å². The lowest BCUT2D eigenvalue weighted by atomic mass is 10.2. The van der Waals surface area contributed by atoms with Gasteiger partial charge < -0.3 is 0 Å². The molecule has 1 aromatic carbocycles. The van der Waals surface area contributed by atoms with Crippen molar-refractivity contribution in [1.29, 1.82) is 0 Å². The normalized spacial score (nSPS) is 10.4. The van der Waals surface area contributed by atoms with Crippen LogP contribution in [0.15, 0.2) is 42.7 Å². The van der Waals surface area contributed by atoms with Gasteiger partial charge in [-0.3, -0.25) is 0 Å². The van der Waals surface area contributed by atoms with Gasteiger partial charge in [-0.25, -0.2) is 4.57 Å². The number of pyridine rings is 1. The fraction of sp³-hybridized carbons (Fsp3) is 0.100. The topological polar surface area (TPSA) is 3.88 Å². The summed E-state index contributed by atoms with van der Waals surface area (Å²) < 4.78 is 2.15. The standard InChI is InChI=1S/C10H11NP/c12-8-11-6-5-9-3-1-2-4-10(9)7-11/h1-7H,8,12H2/q+1. The lowest BCUT2D eigenvalue weighted by molar-refractivity contribution is -0.675. The van der Waals surface area contributed by atoms with Crippen LogP contribution in [0.3, 0.4) is 0 Å². The van der Waals surface area contributed by atoms with E-state index in [1.165, 1.54) is 10.8 Å². The third-order valence-corrected chi connectivity index (χ3v) is 2.38. The zero-order valence-corrected chi connectivity index (χ0v) is 7.93. The predicted molar refractivity (Wildman–Crippen MR) is 53.9 cm³/mol. The van der Waals surface area contributed by atoms with Crippen molar-refractivity contribution >= 4 is 20.0 Å². The molecule has 2 rings (SSSR count). The number of benzene rings is 1. The molecule has 1 atom stereocenters. The van der Waals surface area contributed by atoms with Crippen LogP contribution in [-0.2, 0) is 6.29 Å². The van der Waals surface area contributed by atoms with Crippen molar-refractivity contribution in [2.75, 3.05) is 0 Å². The van der Waals surface area contributed by atoms with E-state index in [1.807, 2.05) is 0 Å². The maximum Gasteiger partial charge on any atom is 0.176 e. The van der Waals surface area contributed by atoms with Gasteiger partial charge in [0.1, 0.15) is 0 Å². The molecule has 0 radical (unpaired) electrons. The first kappa shape index (κ1) is 7.70. The molecule has 0 N–H and O–H groups in total. The summed E-state index contributed by atoms with van der Waals surface area (Å²) in [6.07, 6.45) is 5.20. The van der Waals surface area contributed by atoms with Crippen LogP contribution in [0.4, 0.5) is 0 Å². The van der Waals surface area contributed by atoms with Gasteiger partial charge in [0.15, 0.2) is 18.7 Å². The highest BCUT2D eigenvalue weighted by Gasteiger charge is 1.97. The largest absolute Gasteiger partial charge is 0.201 e. The molecule has 2 heteroatoms. The van der Waals surface area contributed by atoms with Crippen LogP contribution in [-0.4, -0.2) is 0 Å². The van der Waals surface area contributed by atoms with Crippen molar-refractivity contribution in [2.24, 2.45) is 0 Å². The van der Waals surface area contributed by atoms with E-state index in [-0.39, 0.29) is 0 Å². The van der Waals surface area contributed by atoms with E-state index in [9.17, 15) is 0 Å². The average Bonchev–Trinajstić information content (AvgIpc) is 2.17. The maximum absolute atomic E-state index is 2.71. The summed E-state index contributed by atoms with van der Waals surface area (Å²) >= 11 is 0. The highest BCUT2D eigenvalue weighted by molar-refractivity contribution is 7.14. The summed E-state index contributed by atoms with van der Waals surface area (Å²) in [5.74, 6) is 0. The Balaban J connectivity index is 2.67. The predicted octanol–water partition coefficient (Wildman–Crippen LogP) is 1.96. The maximum atomic E-state index is 2.71. The molecule has 0 amide bonds. The lowest BCUT2D eigenvalue weighted by Gasteiger charge is -1.94. The van der Waals surface area contributed by atoms with Gasteiger partial charge in [-0.15, -0.1) is 0 Å². The molecule has 0 spiro atoms. The summed E-state index contributed by atoms with van der Waals surface area (Å²) in [6, 6.07) is 10.5. The van der Waals surface area contributed by atoms with Crippen molar-refractivity contribution in [2.45, 2.75) is 6.29 Å². The van der Waals surface area contributed by atoms with E-state index in [2.05, 4.69) is 56.5 Å². The second-order valence-electron chi connectivity index (χ2n) is 2.77. The molecule has 0 aliphatic rings. The summed E-state index contributed by atoms with van der Waals surface area (Å²) in [4.78, 5) is 0. The minimum Gasteiger partial charge on any atom is -0.201 e. The molecule has 1 aromatic heterocycles. The van der Waals surface area contributed by atoms with Crippen molar-refractivity contribution in [1.82, 2.24) is 0 Å². The van der Waals surface area contributed by atoms with E-state index in [1.54, 1.807) is 0 Å². The Bertz CT molecular complexity index is 398. The molecular weight excluding hydrogens is 165 g/mol. The van der Waals surface area contributed by atoms with Gasteiger partial charge >= 0.3 is 0 Å². The number of nitrogens with zero attached hydrogens (tertiary/aromatic N) is 1. The summed E-state index contributed by atoms with van der Waals surface area (Å²) in [6.45, 7) is 0. The second kappa shape index (κ2) is 3.20. The molecule has 0 saturated carbocycles. The molecule has 0 saturated heterocycles. The van der Waals surface area contributed by atoms with Crippen LogP contribution < -0.4 is 4.57 Å². The summed E-state index contributed by atoms with van der Waals surface area (Å²) in [5, 5.41) is 2.59. The van der Waals surface area contributed by atoms with Crippen LogP contribution in [0.25, 0.3) is 10.8 Å². The summed E-state index contributed by atoms with van der Waals surface area (Å²) in [5.41, 5.74) is 0. The lowest BCUT2D eigenvalue weighted by Crippen LogP contribution is -2.29. The van der Waals surface area contributed by atoms with Gasteiger partial charge in [0.25, 0.3) is 0 Å². The first-order valence-corrected chi connectivity index (χ1v) is 4.80. The molecule has 60 valence electrons. The zero-order valence-electron chi connectivity index (χ0n) is 6.77. The monoisotopic (exact) mass is 176 g/mol. The minimum absolute atomic E-state index is 0.949. The van der Waals surface area contributed by atoms with E-state index >= 15 is 0 Å². The fourth-order valence-electron chi connectivity index (χ4n) is 1.29. The molecule has 0 aliphatic carbocycles. The van der Waals surface area contributed by atoms with Gasteiger partial charge in [-0.2, -0.15) is 0 Å². The summed E-state index contributed by atoms with van der Waals surface area (Å²) in [7, 11) is 2.71. The molecular formula is C10H11NP+. The van der Waals surface area contributed by atoms with Crippen LogP contribution in [0.2, 0.25) is 0 Å². The quantitative estimate of drug-likeness (QED) is 0.462. The zero-order chi connectivity index (χ0) is 8.39. The minimum atomic E-state index is 0.949. The number of hydrogen-bond donors (Lipinski definition) is 0. The van der Waals surface area contributed by atoms with Gasteiger partial charge in [0.2, 0.25) is 0 Å². The smallest absolute Gasteiger partial charge is 0.176 e. The molecule has 0 aliphatic heterocycles. The van der Waals surface area contributed by atoms with E-state index < -0.39 is 0 Å². The van der Waals surface area contributed by atoms with Crippen molar-refractivity contribution < 1.29 is 4.57 Å². The van der Waals surface area contributed by atoms with Crippen molar-refractivity contribution in [3.63, 3.8) is 0 Å². The Labute approximate surface area is 74.2 Å². The third kappa shape index (κ3) is 1.33. The highest BCUT2D eigenvalue weighted by Crippen LogP contribution is 2.09. The molecule has 12 heavy (non-hydrogen) atoms. The van der Waals surface area contributed by atoms with Crippen LogP contribution in [0.1, 0.15) is 0 Å². The first-order chi connectivity index (χ1) is 5.90. The Morgan fingerprint density at radius 2 is 1.83 bits per heavy atom. The van der Waals surface area contributed by atoms with E-state index in [4.69, 9.17) is 0 Å². The van der Waals surface area contributed by atoms with E-state index in [0.29, 0.717) is 0 Å². The fourth-order valence-corrected chi connectivity index (χ4v) is 1.52. The molecule has 2 aromatic rings. The number of hydrogen-bond acceptors (Lipinski definition) is 0. The molecule has 0 fully saturated rings. The Morgan fingerprint density at radius 1 is 1.08 bits per heavy atom. The van der Waals surface area contributed by atoms with Crippen LogP contribution in [0, 0.1) is 0 Å².